The van der Waals surface area contributed by atoms with Gasteiger partial charge in [-0.2, -0.15) is 0 Å². The zero-order valence-electron chi connectivity index (χ0n) is 23.3. The highest BCUT2D eigenvalue weighted by Gasteiger charge is 2.28. The van der Waals surface area contributed by atoms with E-state index in [4.69, 9.17) is 0 Å². The third-order valence-corrected chi connectivity index (χ3v) is 6.77. The molecule has 1 aromatic carbocycles. The number of aliphatic carboxylic acids is 1. The molecule has 7 heteroatoms. The Morgan fingerprint density at radius 1 is 1.03 bits per heavy atom. The van der Waals surface area contributed by atoms with Crippen molar-refractivity contribution in [1.29, 1.82) is 0 Å². The molecule has 1 N–H and O–H groups in total. The normalized spacial score (nSPS) is 13.1. The van der Waals surface area contributed by atoms with Gasteiger partial charge in [0.15, 0.2) is 5.78 Å². The topological polar surface area (TPSA) is 92.5 Å². The molecule has 1 unspecified atom stereocenters. The van der Waals surface area contributed by atoms with Gasteiger partial charge in [0.2, 0.25) is 0 Å². The minimum absolute atomic E-state index is 0.00588. The standard InChI is InChI=1S/C31H39N3O4/c1-20(2)12-27(34-19-23(18-33(5)6)10-11-29(34)36)28(35)14-24(15-30(37)38)25-13-26(17-32-16-25)31-21(3)8-7-9-22(31)4/h7-11,13,16-17,19-20,24,27H,12,14-15,18H2,1-6H3,(H,37,38)/t24-,27?/m0/s1. The van der Waals surface area contributed by atoms with Crippen LogP contribution in [0, 0.1) is 19.8 Å². The van der Waals surface area contributed by atoms with Gasteiger partial charge in [-0.3, -0.25) is 19.4 Å². The van der Waals surface area contributed by atoms with E-state index in [2.05, 4.69) is 4.98 Å². The Bertz CT molecular complexity index is 1320. The number of Topliss-reactive ketones (excluding diaryl/α,β-unsaturated/α-hetero) is 1. The maximum Gasteiger partial charge on any atom is 0.303 e. The fourth-order valence-corrected chi connectivity index (χ4v) is 5.08. The summed E-state index contributed by atoms with van der Waals surface area (Å²) in [5.41, 5.74) is 5.56. The first-order chi connectivity index (χ1) is 18.0. The number of hydrogen-bond donors (Lipinski definition) is 1. The molecule has 0 amide bonds. The molecule has 2 heterocycles. The number of carboxylic acids is 1. The Balaban J connectivity index is 1.99. The van der Waals surface area contributed by atoms with Crippen LogP contribution in [0.1, 0.15) is 67.3 Å². The summed E-state index contributed by atoms with van der Waals surface area (Å²) in [6.45, 7) is 8.74. The van der Waals surface area contributed by atoms with Crippen molar-refractivity contribution in [3.8, 4) is 11.1 Å². The van der Waals surface area contributed by atoms with Gasteiger partial charge in [0.05, 0.1) is 12.5 Å². The molecule has 3 rings (SSSR count). The molecule has 2 atom stereocenters. The molecule has 38 heavy (non-hydrogen) atoms. The minimum atomic E-state index is -0.981. The van der Waals surface area contributed by atoms with Gasteiger partial charge in [0.25, 0.3) is 5.56 Å². The largest absolute Gasteiger partial charge is 0.481 e. The Kier molecular flexibility index (Phi) is 9.75. The zero-order chi connectivity index (χ0) is 28.0. The van der Waals surface area contributed by atoms with Crippen LogP contribution in [0.4, 0.5) is 0 Å². The Morgan fingerprint density at radius 2 is 1.71 bits per heavy atom. The van der Waals surface area contributed by atoms with Crippen LogP contribution < -0.4 is 5.56 Å². The van der Waals surface area contributed by atoms with Gasteiger partial charge in [-0.15, -0.1) is 0 Å². The number of pyridine rings is 2. The molecule has 0 bridgehead atoms. The number of carbonyl (C=O) groups excluding carboxylic acids is 1. The van der Waals surface area contributed by atoms with Gasteiger partial charge in [0.1, 0.15) is 0 Å². The van der Waals surface area contributed by atoms with E-state index >= 15 is 0 Å². The highest BCUT2D eigenvalue weighted by molar-refractivity contribution is 5.84. The summed E-state index contributed by atoms with van der Waals surface area (Å²) in [7, 11) is 3.90. The van der Waals surface area contributed by atoms with Crippen molar-refractivity contribution in [2.45, 2.75) is 65.5 Å². The van der Waals surface area contributed by atoms with E-state index in [0.29, 0.717) is 18.5 Å². The van der Waals surface area contributed by atoms with Crippen LogP contribution in [0.15, 0.2) is 59.8 Å². The summed E-state index contributed by atoms with van der Waals surface area (Å²) in [6, 6.07) is 10.6. The monoisotopic (exact) mass is 517 g/mol. The molecular weight excluding hydrogens is 478 g/mol. The van der Waals surface area contributed by atoms with Gasteiger partial charge in [0, 0.05) is 49.1 Å². The summed E-state index contributed by atoms with van der Waals surface area (Å²) >= 11 is 0. The fourth-order valence-electron chi connectivity index (χ4n) is 5.08. The van der Waals surface area contributed by atoms with Crippen LogP contribution in [-0.2, 0) is 16.1 Å². The highest BCUT2D eigenvalue weighted by atomic mass is 16.4. The van der Waals surface area contributed by atoms with E-state index in [0.717, 1.165) is 27.8 Å². The maximum atomic E-state index is 13.8. The summed E-state index contributed by atoms with van der Waals surface area (Å²) in [5.74, 6) is -1.52. The molecule has 0 spiro atoms. The first kappa shape index (κ1) is 29.0. The predicted octanol–water partition coefficient (Wildman–Crippen LogP) is 5.39. The predicted molar refractivity (Wildman–Crippen MR) is 150 cm³/mol. The molecule has 0 aliphatic rings. The fraction of sp³-hybridized carbons (Fsp3) is 0.419. The zero-order valence-corrected chi connectivity index (χ0v) is 23.3. The van der Waals surface area contributed by atoms with Crippen molar-refractivity contribution in [2.75, 3.05) is 14.1 Å². The quantitative estimate of drug-likeness (QED) is 0.346. The molecule has 0 aliphatic carbocycles. The summed E-state index contributed by atoms with van der Waals surface area (Å²) in [6.07, 6.45) is 5.49. The number of benzene rings is 1. The first-order valence-corrected chi connectivity index (χ1v) is 13.1. The Labute approximate surface area is 225 Å². The van der Waals surface area contributed by atoms with Crippen molar-refractivity contribution in [1.82, 2.24) is 14.5 Å². The second-order valence-corrected chi connectivity index (χ2v) is 10.9. The van der Waals surface area contributed by atoms with Crippen molar-refractivity contribution >= 4 is 11.8 Å². The lowest BCUT2D eigenvalue weighted by atomic mass is 9.86. The second-order valence-electron chi connectivity index (χ2n) is 10.9. The molecule has 7 nitrogen and oxygen atoms in total. The third kappa shape index (κ3) is 7.48. The van der Waals surface area contributed by atoms with E-state index in [-0.39, 0.29) is 30.1 Å². The van der Waals surface area contributed by atoms with Gasteiger partial charge < -0.3 is 14.6 Å². The number of carboxylic acid groups (broad SMARTS) is 1. The van der Waals surface area contributed by atoms with Crippen molar-refractivity contribution in [3.63, 3.8) is 0 Å². The Hall–Kier alpha value is -3.58. The number of rotatable bonds is 12. The van der Waals surface area contributed by atoms with Crippen LogP contribution in [0.3, 0.4) is 0 Å². The highest BCUT2D eigenvalue weighted by Crippen LogP contribution is 2.32. The number of aromatic nitrogens is 2. The second kappa shape index (κ2) is 12.8. The van der Waals surface area contributed by atoms with Gasteiger partial charge in [-0.1, -0.05) is 38.1 Å². The lowest BCUT2D eigenvalue weighted by Gasteiger charge is -2.24. The average Bonchev–Trinajstić information content (AvgIpc) is 2.83. The summed E-state index contributed by atoms with van der Waals surface area (Å²) in [4.78, 5) is 45.0. The SMILES string of the molecule is Cc1cccc(C)c1-c1cncc([C@H](CC(=O)O)CC(=O)C(CC(C)C)n2cc(CN(C)C)ccc2=O)c1. The maximum absolute atomic E-state index is 13.8. The molecular formula is C31H39N3O4. The lowest BCUT2D eigenvalue weighted by molar-refractivity contribution is -0.137. The molecule has 0 saturated heterocycles. The summed E-state index contributed by atoms with van der Waals surface area (Å²) in [5, 5.41) is 9.71. The van der Waals surface area contributed by atoms with Crippen molar-refractivity contribution in [3.05, 3.63) is 87.6 Å². The molecule has 202 valence electrons. The van der Waals surface area contributed by atoms with Crippen LogP contribution in [0.5, 0.6) is 0 Å². The van der Waals surface area contributed by atoms with Crippen LogP contribution in [0.25, 0.3) is 11.1 Å². The number of hydrogen-bond acceptors (Lipinski definition) is 5. The van der Waals surface area contributed by atoms with E-state index in [1.165, 1.54) is 10.6 Å². The number of ketones is 1. The van der Waals surface area contributed by atoms with Gasteiger partial charge in [-0.05, 0) is 74.2 Å². The van der Waals surface area contributed by atoms with E-state index < -0.39 is 17.9 Å². The summed E-state index contributed by atoms with van der Waals surface area (Å²) < 4.78 is 1.53. The minimum Gasteiger partial charge on any atom is -0.481 e. The van der Waals surface area contributed by atoms with E-state index in [1.807, 2.05) is 71.0 Å². The number of aryl methyl sites for hydroxylation is 2. The molecule has 0 aliphatic heterocycles. The van der Waals surface area contributed by atoms with Crippen LogP contribution in [-0.4, -0.2) is 45.4 Å². The third-order valence-electron chi connectivity index (χ3n) is 6.77. The van der Waals surface area contributed by atoms with E-state index in [9.17, 15) is 19.5 Å². The van der Waals surface area contributed by atoms with Crippen molar-refractivity contribution in [2.24, 2.45) is 5.92 Å². The van der Waals surface area contributed by atoms with Crippen LogP contribution in [0.2, 0.25) is 0 Å². The smallest absolute Gasteiger partial charge is 0.303 e. The molecule has 3 aromatic rings. The first-order valence-electron chi connectivity index (χ1n) is 13.1. The molecule has 0 saturated carbocycles. The van der Waals surface area contributed by atoms with E-state index in [1.54, 1.807) is 24.7 Å². The van der Waals surface area contributed by atoms with Crippen LogP contribution >= 0.6 is 0 Å². The molecule has 2 aromatic heterocycles. The number of nitrogens with zero attached hydrogens (tertiary/aromatic N) is 3. The lowest BCUT2D eigenvalue weighted by Crippen LogP contribution is -2.32. The average molecular weight is 518 g/mol. The van der Waals surface area contributed by atoms with Crippen molar-refractivity contribution < 1.29 is 14.7 Å². The van der Waals surface area contributed by atoms with Gasteiger partial charge in [-0.25, -0.2) is 0 Å². The molecule has 0 fully saturated rings. The van der Waals surface area contributed by atoms with Gasteiger partial charge >= 0.3 is 5.97 Å². The Morgan fingerprint density at radius 3 is 2.32 bits per heavy atom. The molecule has 0 radical (unpaired) electrons. The number of carbonyl (C=O) groups is 2.